The molecule has 6 nitrogen and oxygen atoms in total. The van der Waals surface area contributed by atoms with Crippen molar-refractivity contribution in [3.8, 4) is 6.07 Å². The molecule has 0 saturated heterocycles. The third-order valence-corrected chi connectivity index (χ3v) is 8.40. The van der Waals surface area contributed by atoms with Gasteiger partial charge in [-0.25, -0.2) is 0 Å². The molecule has 1 aromatic carbocycles. The Morgan fingerprint density at radius 2 is 2.06 bits per heavy atom. The third kappa shape index (κ3) is 3.75. The number of thiophene rings is 1. The van der Waals surface area contributed by atoms with Crippen LogP contribution >= 0.6 is 34.4 Å². The van der Waals surface area contributed by atoms with E-state index in [0.29, 0.717) is 34.9 Å². The molecule has 1 unspecified atom stereocenters. The van der Waals surface area contributed by atoms with E-state index in [2.05, 4.69) is 28.4 Å². The van der Waals surface area contributed by atoms with Gasteiger partial charge in [0.15, 0.2) is 10.1 Å². The van der Waals surface area contributed by atoms with E-state index in [1.54, 1.807) is 28.0 Å². The highest BCUT2D eigenvalue weighted by Gasteiger charge is 2.41. The molecule has 2 aromatic heterocycles. The van der Waals surface area contributed by atoms with E-state index in [9.17, 15) is 10.1 Å². The van der Waals surface area contributed by atoms with Gasteiger partial charge in [0.2, 0.25) is 5.13 Å². The van der Waals surface area contributed by atoms with Gasteiger partial charge in [-0.15, -0.1) is 10.2 Å². The van der Waals surface area contributed by atoms with Gasteiger partial charge < -0.3 is 5.73 Å². The zero-order valence-electron chi connectivity index (χ0n) is 17.0. The number of allylic oxidation sites excluding steroid dienone is 3. The highest BCUT2D eigenvalue weighted by molar-refractivity contribution is 8.00. The summed E-state index contributed by atoms with van der Waals surface area (Å²) in [6.07, 6.45) is 1.96. The number of carbonyl (C=O) groups excluding carboxylic acids is 1. The first kappa shape index (κ1) is 20.9. The van der Waals surface area contributed by atoms with Crippen molar-refractivity contribution in [2.45, 2.75) is 35.3 Å². The van der Waals surface area contributed by atoms with Crippen molar-refractivity contribution in [3.05, 3.63) is 80.9 Å². The van der Waals surface area contributed by atoms with Crippen LogP contribution in [0.3, 0.4) is 0 Å². The topological polar surface area (TPSA) is 95.9 Å². The largest absolute Gasteiger partial charge is 0.384 e. The predicted molar refractivity (Wildman–Crippen MR) is 128 cm³/mol. The Kier molecular flexibility index (Phi) is 5.83. The molecule has 0 amide bonds. The SMILES string of the molecule is N#CC1=C(N)N(c2nnc(SCc3ccccc3)s2)C2=C(C(=O)CCC2)C1c1ccsc1. The Labute approximate surface area is 198 Å². The molecule has 5 rings (SSSR count). The molecule has 3 aromatic rings. The van der Waals surface area contributed by atoms with Crippen LogP contribution in [-0.2, 0) is 10.5 Å². The Morgan fingerprint density at radius 1 is 1.22 bits per heavy atom. The van der Waals surface area contributed by atoms with Gasteiger partial charge >= 0.3 is 0 Å². The fourth-order valence-electron chi connectivity index (χ4n) is 4.15. The lowest BCUT2D eigenvalue weighted by molar-refractivity contribution is -0.116. The molecule has 0 spiro atoms. The summed E-state index contributed by atoms with van der Waals surface area (Å²) in [6, 6.07) is 14.4. The van der Waals surface area contributed by atoms with Crippen molar-refractivity contribution in [3.63, 3.8) is 0 Å². The number of carbonyl (C=O) groups is 1. The first-order valence-corrected chi connectivity index (χ1v) is 12.9. The molecule has 160 valence electrons. The van der Waals surface area contributed by atoms with Crippen LogP contribution in [0, 0.1) is 11.3 Å². The van der Waals surface area contributed by atoms with E-state index in [1.165, 1.54) is 16.9 Å². The number of nitrogens with zero attached hydrogens (tertiary/aromatic N) is 4. The first-order valence-electron chi connectivity index (χ1n) is 10.2. The van der Waals surface area contributed by atoms with Crippen LogP contribution < -0.4 is 10.6 Å². The molecule has 0 saturated carbocycles. The number of aromatic nitrogens is 2. The summed E-state index contributed by atoms with van der Waals surface area (Å²) >= 11 is 4.59. The molecule has 0 bridgehead atoms. The Morgan fingerprint density at radius 3 is 2.81 bits per heavy atom. The second-order valence-electron chi connectivity index (χ2n) is 7.50. The maximum Gasteiger partial charge on any atom is 0.219 e. The zero-order chi connectivity index (χ0) is 22.1. The number of hydrogen-bond donors (Lipinski definition) is 1. The Balaban J connectivity index is 1.52. The van der Waals surface area contributed by atoms with Crippen molar-refractivity contribution in [2.24, 2.45) is 5.73 Å². The Bertz CT molecular complexity index is 1250. The molecule has 2 N–H and O–H groups in total. The lowest BCUT2D eigenvalue weighted by atomic mass is 9.76. The van der Waals surface area contributed by atoms with Crippen LogP contribution in [0.15, 0.2) is 74.2 Å². The predicted octanol–water partition coefficient (Wildman–Crippen LogP) is 5.20. The van der Waals surface area contributed by atoms with Gasteiger partial charge in [-0.2, -0.15) is 16.6 Å². The van der Waals surface area contributed by atoms with Crippen molar-refractivity contribution < 1.29 is 4.79 Å². The van der Waals surface area contributed by atoms with E-state index in [-0.39, 0.29) is 5.78 Å². The maximum absolute atomic E-state index is 13.1. The average molecular weight is 478 g/mol. The van der Waals surface area contributed by atoms with Gasteiger partial charge in [-0.3, -0.25) is 9.69 Å². The smallest absolute Gasteiger partial charge is 0.219 e. The van der Waals surface area contributed by atoms with E-state index >= 15 is 0 Å². The quantitative estimate of drug-likeness (QED) is 0.505. The number of nitrogens with two attached hydrogens (primary N) is 1. The summed E-state index contributed by atoms with van der Waals surface area (Å²) in [7, 11) is 0. The second-order valence-corrected chi connectivity index (χ2v) is 10.5. The zero-order valence-corrected chi connectivity index (χ0v) is 19.5. The highest BCUT2D eigenvalue weighted by atomic mass is 32.2. The summed E-state index contributed by atoms with van der Waals surface area (Å²) in [5.41, 5.74) is 10.6. The van der Waals surface area contributed by atoms with E-state index in [1.807, 2.05) is 35.0 Å². The van der Waals surface area contributed by atoms with Crippen LogP contribution in [0.25, 0.3) is 0 Å². The number of nitriles is 1. The van der Waals surface area contributed by atoms with E-state index < -0.39 is 5.92 Å². The van der Waals surface area contributed by atoms with Crippen molar-refractivity contribution in [1.29, 1.82) is 5.26 Å². The van der Waals surface area contributed by atoms with Gasteiger partial charge in [-0.1, -0.05) is 53.4 Å². The number of Topliss-reactive ketones (excluding diaryl/α,β-unsaturated/α-hetero) is 1. The fraction of sp³-hybridized carbons (Fsp3) is 0.217. The molecule has 1 atom stereocenters. The minimum atomic E-state index is -0.412. The molecule has 2 aliphatic rings. The molecular formula is C23H19N5OS3. The second kappa shape index (κ2) is 8.90. The summed E-state index contributed by atoms with van der Waals surface area (Å²) in [5, 5.41) is 23.3. The lowest BCUT2D eigenvalue weighted by Gasteiger charge is -2.37. The standard InChI is InChI=1S/C23H19N5OS3/c24-11-16-19(15-9-10-30-13-15)20-17(7-4-8-18(20)29)28(21(16)25)22-26-27-23(32-22)31-12-14-5-2-1-3-6-14/h1-3,5-6,9-10,13,19H,4,7-8,12,25H2. The maximum atomic E-state index is 13.1. The number of thioether (sulfide) groups is 1. The summed E-state index contributed by atoms with van der Waals surface area (Å²) in [6.45, 7) is 0. The first-order chi connectivity index (χ1) is 15.7. The molecule has 9 heteroatoms. The summed E-state index contributed by atoms with van der Waals surface area (Å²) in [5.74, 6) is 0.797. The van der Waals surface area contributed by atoms with Crippen molar-refractivity contribution in [2.75, 3.05) is 4.90 Å². The fourth-order valence-corrected chi connectivity index (χ4v) is 6.67. The van der Waals surface area contributed by atoms with E-state index in [0.717, 1.165) is 27.8 Å². The number of ketones is 1. The highest BCUT2D eigenvalue weighted by Crippen LogP contribution is 2.47. The third-order valence-electron chi connectivity index (χ3n) is 5.58. The molecular weight excluding hydrogens is 458 g/mol. The van der Waals surface area contributed by atoms with Gasteiger partial charge in [0, 0.05) is 23.4 Å². The van der Waals surface area contributed by atoms with Crippen molar-refractivity contribution >= 4 is 45.4 Å². The molecule has 1 aliphatic carbocycles. The number of anilines is 1. The Hall–Kier alpha value is -2.93. The van der Waals surface area contributed by atoms with Crippen molar-refractivity contribution in [1.82, 2.24) is 10.2 Å². The molecule has 3 heterocycles. The van der Waals surface area contributed by atoms with Gasteiger partial charge in [0.25, 0.3) is 0 Å². The minimum Gasteiger partial charge on any atom is -0.384 e. The summed E-state index contributed by atoms with van der Waals surface area (Å²) in [4.78, 5) is 14.8. The van der Waals surface area contributed by atoms with Gasteiger partial charge in [0.1, 0.15) is 5.82 Å². The lowest BCUT2D eigenvalue weighted by Crippen LogP contribution is -2.38. The normalized spacial score (nSPS) is 18.7. The van der Waals surface area contributed by atoms with Gasteiger partial charge in [-0.05, 0) is 40.8 Å². The number of rotatable bonds is 5. The van der Waals surface area contributed by atoms with E-state index in [4.69, 9.17) is 5.73 Å². The summed E-state index contributed by atoms with van der Waals surface area (Å²) < 4.78 is 0.819. The average Bonchev–Trinajstić information content (AvgIpc) is 3.50. The minimum absolute atomic E-state index is 0.0795. The van der Waals surface area contributed by atoms with Crippen LogP contribution in [0.2, 0.25) is 0 Å². The van der Waals surface area contributed by atoms with Crippen LogP contribution in [-0.4, -0.2) is 16.0 Å². The number of benzene rings is 1. The molecule has 0 radical (unpaired) electrons. The van der Waals surface area contributed by atoms with Gasteiger partial charge in [0.05, 0.1) is 17.6 Å². The molecule has 1 aliphatic heterocycles. The number of hydrogen-bond acceptors (Lipinski definition) is 9. The van der Waals surface area contributed by atoms with Crippen LogP contribution in [0.1, 0.15) is 36.3 Å². The molecule has 32 heavy (non-hydrogen) atoms. The van der Waals surface area contributed by atoms with Crippen LogP contribution in [0.5, 0.6) is 0 Å². The monoisotopic (exact) mass is 477 g/mol. The molecule has 0 fully saturated rings. The van der Waals surface area contributed by atoms with Crippen LogP contribution in [0.4, 0.5) is 5.13 Å².